The number of nitrogens with one attached hydrogen (secondary N) is 2. The van der Waals surface area contributed by atoms with Gasteiger partial charge in [-0.3, -0.25) is 4.79 Å². The van der Waals surface area contributed by atoms with Crippen molar-refractivity contribution in [2.75, 3.05) is 13.1 Å². The van der Waals surface area contributed by atoms with Crippen molar-refractivity contribution in [2.24, 2.45) is 5.41 Å². The Kier molecular flexibility index (Phi) is 5.22. The van der Waals surface area contributed by atoms with Gasteiger partial charge in [0.25, 0.3) is 0 Å². The van der Waals surface area contributed by atoms with E-state index in [0.29, 0.717) is 0 Å². The third-order valence-electron chi connectivity index (χ3n) is 4.33. The molecule has 0 saturated carbocycles. The topological polar surface area (TPSA) is 41.1 Å². The smallest absolute Gasteiger partial charge is 0.227 e. The van der Waals surface area contributed by atoms with Gasteiger partial charge < -0.3 is 10.6 Å². The quantitative estimate of drug-likeness (QED) is 0.883. The number of halogens is 1. The lowest BCUT2D eigenvalue weighted by atomic mass is 9.77. The Morgan fingerprint density at radius 1 is 1.55 bits per heavy atom. The Labute approximate surface area is 129 Å². The molecule has 0 bridgehead atoms. The minimum absolute atomic E-state index is 0.0327. The molecule has 2 atom stereocenters. The van der Waals surface area contributed by atoms with Gasteiger partial charge in [0.2, 0.25) is 5.91 Å². The van der Waals surface area contributed by atoms with E-state index in [9.17, 15) is 4.79 Å². The molecule has 1 saturated heterocycles. The van der Waals surface area contributed by atoms with E-state index < -0.39 is 0 Å². The van der Waals surface area contributed by atoms with Crippen LogP contribution in [0.15, 0.2) is 28.7 Å². The van der Waals surface area contributed by atoms with E-state index in [1.807, 2.05) is 25.1 Å². The lowest BCUT2D eigenvalue weighted by Gasteiger charge is -2.36. The van der Waals surface area contributed by atoms with Gasteiger partial charge >= 0.3 is 0 Å². The molecule has 1 aliphatic rings. The maximum absolute atomic E-state index is 12.7. The van der Waals surface area contributed by atoms with Gasteiger partial charge in [0, 0.05) is 11.0 Å². The summed E-state index contributed by atoms with van der Waals surface area (Å²) in [5.74, 6) is 0.180. The summed E-state index contributed by atoms with van der Waals surface area (Å²) in [6, 6.07) is 8.14. The molecule has 0 radical (unpaired) electrons. The highest BCUT2D eigenvalue weighted by Gasteiger charge is 2.38. The van der Waals surface area contributed by atoms with Crippen LogP contribution in [-0.2, 0) is 4.79 Å². The third kappa shape index (κ3) is 3.41. The number of rotatable bonds is 4. The van der Waals surface area contributed by atoms with E-state index in [2.05, 4.69) is 39.6 Å². The molecule has 0 spiro atoms. The molecule has 1 aromatic rings. The molecule has 2 N–H and O–H groups in total. The molecule has 4 heteroatoms. The van der Waals surface area contributed by atoms with Crippen LogP contribution in [0.1, 0.15) is 44.7 Å². The van der Waals surface area contributed by atoms with Gasteiger partial charge in [-0.05, 0) is 50.4 Å². The largest absolute Gasteiger partial charge is 0.349 e. The van der Waals surface area contributed by atoms with Gasteiger partial charge in [0.15, 0.2) is 0 Å². The molecule has 0 aromatic heterocycles. The maximum Gasteiger partial charge on any atom is 0.227 e. The third-order valence-corrected chi connectivity index (χ3v) is 4.82. The molecule has 1 unspecified atom stereocenters. The number of carbonyl (C=O) groups excluding carboxylic acids is 1. The highest BCUT2D eigenvalue weighted by Crippen LogP contribution is 2.31. The predicted octanol–water partition coefficient (Wildman–Crippen LogP) is 3.41. The molecule has 1 aromatic carbocycles. The summed E-state index contributed by atoms with van der Waals surface area (Å²) in [6.07, 6.45) is 2.94. The molecule has 1 aliphatic heterocycles. The fourth-order valence-corrected chi connectivity index (χ4v) is 3.25. The Balaban J connectivity index is 2.06. The fraction of sp³-hybridized carbons (Fsp3) is 0.562. The fourth-order valence-electron chi connectivity index (χ4n) is 2.83. The zero-order chi connectivity index (χ0) is 14.6. The molecule has 2 rings (SSSR count). The van der Waals surface area contributed by atoms with Gasteiger partial charge in [-0.15, -0.1) is 0 Å². The zero-order valence-corrected chi connectivity index (χ0v) is 13.8. The first kappa shape index (κ1) is 15.5. The van der Waals surface area contributed by atoms with Crippen LogP contribution in [0.3, 0.4) is 0 Å². The minimum Gasteiger partial charge on any atom is -0.349 e. The average Bonchev–Trinajstić information content (AvgIpc) is 2.47. The molecular formula is C16H23BrN2O. The van der Waals surface area contributed by atoms with Crippen LogP contribution < -0.4 is 10.6 Å². The van der Waals surface area contributed by atoms with Crippen LogP contribution in [0.25, 0.3) is 0 Å². The molecule has 1 amide bonds. The van der Waals surface area contributed by atoms with Gasteiger partial charge in [0.1, 0.15) is 0 Å². The van der Waals surface area contributed by atoms with Crippen LogP contribution in [0.5, 0.6) is 0 Å². The van der Waals surface area contributed by atoms with Crippen molar-refractivity contribution >= 4 is 21.8 Å². The normalized spacial score (nSPS) is 24.1. The predicted molar refractivity (Wildman–Crippen MR) is 85.5 cm³/mol. The van der Waals surface area contributed by atoms with Crippen molar-refractivity contribution in [1.29, 1.82) is 0 Å². The van der Waals surface area contributed by atoms with Crippen molar-refractivity contribution in [3.8, 4) is 0 Å². The number of amides is 1. The number of hydrogen-bond donors (Lipinski definition) is 2. The van der Waals surface area contributed by atoms with E-state index >= 15 is 0 Å². The van der Waals surface area contributed by atoms with Crippen LogP contribution in [0.4, 0.5) is 0 Å². The second kappa shape index (κ2) is 6.72. The first-order valence-corrected chi connectivity index (χ1v) is 8.14. The van der Waals surface area contributed by atoms with Gasteiger partial charge in [-0.1, -0.05) is 35.0 Å². The first-order valence-electron chi connectivity index (χ1n) is 7.34. The number of piperidine rings is 1. The average molecular weight is 339 g/mol. The highest BCUT2D eigenvalue weighted by molar-refractivity contribution is 9.10. The number of carbonyl (C=O) groups is 1. The molecule has 0 aliphatic carbocycles. The van der Waals surface area contributed by atoms with Crippen LogP contribution in [0, 0.1) is 5.41 Å². The van der Waals surface area contributed by atoms with E-state index in [1.54, 1.807) is 0 Å². The van der Waals surface area contributed by atoms with Gasteiger partial charge in [-0.25, -0.2) is 0 Å². The lowest BCUT2D eigenvalue weighted by Crippen LogP contribution is -2.50. The van der Waals surface area contributed by atoms with E-state index in [-0.39, 0.29) is 17.4 Å². The summed E-state index contributed by atoms with van der Waals surface area (Å²) >= 11 is 3.47. The van der Waals surface area contributed by atoms with Crippen molar-refractivity contribution < 1.29 is 4.79 Å². The van der Waals surface area contributed by atoms with Crippen molar-refractivity contribution in [3.05, 3.63) is 34.3 Å². The number of hydrogen-bond acceptors (Lipinski definition) is 2. The second-order valence-corrected chi connectivity index (χ2v) is 6.58. The summed E-state index contributed by atoms with van der Waals surface area (Å²) in [4.78, 5) is 12.7. The van der Waals surface area contributed by atoms with Crippen molar-refractivity contribution in [2.45, 2.75) is 39.2 Å². The van der Waals surface area contributed by atoms with Gasteiger partial charge in [-0.2, -0.15) is 0 Å². The molecule has 110 valence electrons. The van der Waals surface area contributed by atoms with Crippen molar-refractivity contribution in [1.82, 2.24) is 10.6 Å². The summed E-state index contributed by atoms with van der Waals surface area (Å²) in [5, 5.41) is 6.55. The minimum atomic E-state index is -0.238. The van der Waals surface area contributed by atoms with Crippen molar-refractivity contribution in [3.63, 3.8) is 0 Å². The summed E-state index contributed by atoms with van der Waals surface area (Å²) < 4.78 is 1.04. The van der Waals surface area contributed by atoms with E-state index in [1.165, 1.54) is 0 Å². The molecule has 1 fully saturated rings. The summed E-state index contributed by atoms with van der Waals surface area (Å²) in [6.45, 7) is 5.96. The monoisotopic (exact) mass is 338 g/mol. The Morgan fingerprint density at radius 3 is 2.95 bits per heavy atom. The van der Waals surface area contributed by atoms with Crippen LogP contribution in [0.2, 0.25) is 0 Å². The molecule has 20 heavy (non-hydrogen) atoms. The Bertz CT molecular complexity index is 469. The first-order chi connectivity index (χ1) is 9.57. The molecule has 3 nitrogen and oxygen atoms in total. The number of benzene rings is 1. The second-order valence-electron chi connectivity index (χ2n) is 5.66. The highest BCUT2D eigenvalue weighted by atomic mass is 79.9. The van der Waals surface area contributed by atoms with Crippen LogP contribution >= 0.6 is 15.9 Å². The lowest BCUT2D eigenvalue weighted by molar-refractivity contribution is -0.133. The van der Waals surface area contributed by atoms with Gasteiger partial charge in [0.05, 0.1) is 11.5 Å². The van der Waals surface area contributed by atoms with Crippen LogP contribution in [-0.4, -0.2) is 19.0 Å². The SMILES string of the molecule is CCC1(C(=O)N[C@H](C)c2cccc(Br)c2)CCCNC1. The Morgan fingerprint density at radius 2 is 2.35 bits per heavy atom. The van der Waals surface area contributed by atoms with E-state index in [4.69, 9.17) is 0 Å². The molecular weight excluding hydrogens is 316 g/mol. The molecule has 1 heterocycles. The van der Waals surface area contributed by atoms with E-state index in [0.717, 1.165) is 42.4 Å². The maximum atomic E-state index is 12.7. The summed E-state index contributed by atoms with van der Waals surface area (Å²) in [5.41, 5.74) is 0.890. The zero-order valence-electron chi connectivity index (χ0n) is 12.2. The Hall–Kier alpha value is -0.870. The standard InChI is InChI=1S/C16H23BrN2O/c1-3-16(8-5-9-18-11-16)15(20)19-12(2)13-6-4-7-14(17)10-13/h4,6-7,10,12,18H,3,5,8-9,11H2,1-2H3,(H,19,20)/t12-,16?/m1/s1. The summed E-state index contributed by atoms with van der Waals surface area (Å²) in [7, 11) is 0.